The third kappa shape index (κ3) is 2.82. The van der Waals surface area contributed by atoms with Crippen LogP contribution in [0.2, 0.25) is 0 Å². The van der Waals surface area contributed by atoms with E-state index in [-0.39, 0.29) is 6.42 Å². The fraction of sp³-hybridized carbons (Fsp3) is 0.333. The van der Waals surface area contributed by atoms with E-state index in [1.807, 2.05) is 26.0 Å². The van der Waals surface area contributed by atoms with Crippen LogP contribution in [0.1, 0.15) is 23.6 Å². The van der Waals surface area contributed by atoms with Crippen molar-refractivity contribution in [2.45, 2.75) is 26.7 Å². The van der Waals surface area contributed by atoms with Gasteiger partial charge in [-0.25, -0.2) is 4.68 Å². The number of carbonyl (C=O) groups is 1. The minimum Gasteiger partial charge on any atom is -0.493 e. The van der Waals surface area contributed by atoms with Crippen LogP contribution >= 0.6 is 0 Å². The Morgan fingerprint density at radius 2 is 2.20 bits per heavy atom. The molecule has 0 spiro atoms. The second kappa shape index (κ2) is 5.77. The number of aryl methyl sites for hydroxylation is 2. The molecule has 0 aliphatic rings. The Kier molecular flexibility index (Phi) is 4.08. The van der Waals surface area contributed by atoms with Crippen LogP contribution in [0.5, 0.6) is 5.75 Å². The molecule has 0 unspecified atom stereocenters. The van der Waals surface area contributed by atoms with Gasteiger partial charge in [0, 0.05) is 0 Å². The molecule has 1 aromatic carbocycles. The SMILES string of the molecule is CCc1cc(-n2cc(OC)cn2)cc(C)c1CC(=O)O. The van der Waals surface area contributed by atoms with E-state index in [0.717, 1.165) is 28.8 Å². The van der Waals surface area contributed by atoms with Crippen molar-refractivity contribution in [3.8, 4) is 11.4 Å². The van der Waals surface area contributed by atoms with Crippen LogP contribution in [0.25, 0.3) is 5.69 Å². The molecule has 2 rings (SSSR count). The number of ether oxygens (including phenoxy) is 1. The number of benzene rings is 1. The Balaban J connectivity index is 2.46. The average molecular weight is 274 g/mol. The number of carboxylic acids is 1. The molecule has 2 aromatic rings. The number of hydrogen-bond donors (Lipinski definition) is 1. The first-order valence-corrected chi connectivity index (χ1v) is 6.48. The molecule has 1 aromatic heterocycles. The van der Waals surface area contributed by atoms with Crippen molar-refractivity contribution in [1.29, 1.82) is 0 Å². The highest BCUT2D eigenvalue weighted by Crippen LogP contribution is 2.22. The number of rotatable bonds is 5. The summed E-state index contributed by atoms with van der Waals surface area (Å²) < 4.78 is 6.85. The zero-order chi connectivity index (χ0) is 14.7. The zero-order valence-electron chi connectivity index (χ0n) is 11.9. The number of aliphatic carboxylic acids is 1. The van der Waals surface area contributed by atoms with Crippen molar-refractivity contribution < 1.29 is 14.6 Å². The topological polar surface area (TPSA) is 64.4 Å². The highest BCUT2D eigenvalue weighted by atomic mass is 16.5. The molecule has 1 heterocycles. The van der Waals surface area contributed by atoms with Gasteiger partial charge in [-0.15, -0.1) is 0 Å². The van der Waals surface area contributed by atoms with E-state index in [1.165, 1.54) is 0 Å². The Morgan fingerprint density at radius 1 is 1.45 bits per heavy atom. The van der Waals surface area contributed by atoms with Gasteiger partial charge in [-0.3, -0.25) is 4.79 Å². The van der Waals surface area contributed by atoms with Crippen LogP contribution < -0.4 is 4.74 Å². The summed E-state index contributed by atoms with van der Waals surface area (Å²) in [6.45, 7) is 3.95. The lowest BCUT2D eigenvalue weighted by Gasteiger charge is -2.13. The molecular weight excluding hydrogens is 256 g/mol. The molecule has 0 radical (unpaired) electrons. The number of nitrogens with zero attached hydrogens (tertiary/aromatic N) is 2. The minimum absolute atomic E-state index is 0.0533. The van der Waals surface area contributed by atoms with Gasteiger partial charge in [0.1, 0.15) is 0 Å². The second-order valence-corrected chi connectivity index (χ2v) is 4.65. The van der Waals surface area contributed by atoms with Gasteiger partial charge in [0.05, 0.1) is 31.6 Å². The lowest BCUT2D eigenvalue weighted by molar-refractivity contribution is -0.136. The van der Waals surface area contributed by atoms with Crippen molar-refractivity contribution >= 4 is 5.97 Å². The summed E-state index contributed by atoms with van der Waals surface area (Å²) in [5, 5.41) is 13.2. The van der Waals surface area contributed by atoms with E-state index < -0.39 is 5.97 Å². The first-order valence-electron chi connectivity index (χ1n) is 6.48. The third-order valence-corrected chi connectivity index (χ3v) is 3.32. The Hall–Kier alpha value is -2.30. The maximum atomic E-state index is 11.0. The molecule has 0 saturated heterocycles. The van der Waals surface area contributed by atoms with Crippen LogP contribution in [0.15, 0.2) is 24.5 Å². The molecule has 106 valence electrons. The molecule has 0 aliphatic heterocycles. The van der Waals surface area contributed by atoms with Gasteiger partial charge in [0.15, 0.2) is 5.75 Å². The van der Waals surface area contributed by atoms with Gasteiger partial charge in [-0.2, -0.15) is 5.10 Å². The summed E-state index contributed by atoms with van der Waals surface area (Å²) in [5.74, 6) is -0.119. The lowest BCUT2D eigenvalue weighted by Crippen LogP contribution is -2.07. The number of methoxy groups -OCH3 is 1. The number of aromatic nitrogens is 2. The van der Waals surface area contributed by atoms with E-state index in [1.54, 1.807) is 24.2 Å². The lowest BCUT2D eigenvalue weighted by atomic mass is 9.96. The highest BCUT2D eigenvalue weighted by Gasteiger charge is 2.12. The average Bonchev–Trinajstić information content (AvgIpc) is 2.89. The monoisotopic (exact) mass is 274 g/mol. The molecular formula is C15H18N2O3. The molecule has 0 bridgehead atoms. The molecule has 0 aliphatic carbocycles. The van der Waals surface area contributed by atoms with E-state index in [4.69, 9.17) is 9.84 Å². The molecule has 5 nitrogen and oxygen atoms in total. The van der Waals surface area contributed by atoms with Crippen molar-refractivity contribution in [3.63, 3.8) is 0 Å². The van der Waals surface area contributed by atoms with Crippen LogP contribution in [-0.2, 0) is 17.6 Å². The standard InChI is InChI=1S/C15H18N2O3/c1-4-11-6-12(17-9-13(20-3)8-16-17)5-10(2)14(11)7-15(18)19/h5-6,8-9H,4,7H2,1-3H3,(H,18,19). The molecule has 20 heavy (non-hydrogen) atoms. The highest BCUT2D eigenvalue weighted by molar-refractivity contribution is 5.71. The molecule has 0 amide bonds. The summed E-state index contributed by atoms with van der Waals surface area (Å²) in [6, 6.07) is 3.93. The molecule has 5 heteroatoms. The summed E-state index contributed by atoms with van der Waals surface area (Å²) in [6.07, 6.45) is 4.28. The summed E-state index contributed by atoms with van der Waals surface area (Å²) >= 11 is 0. The minimum atomic E-state index is -0.809. The fourth-order valence-electron chi connectivity index (χ4n) is 2.27. The zero-order valence-corrected chi connectivity index (χ0v) is 11.9. The van der Waals surface area contributed by atoms with Crippen molar-refractivity contribution in [2.24, 2.45) is 0 Å². The summed E-state index contributed by atoms with van der Waals surface area (Å²) in [5.41, 5.74) is 3.81. The Bertz CT molecular complexity index is 632. The Labute approximate surface area is 117 Å². The number of hydrogen-bond acceptors (Lipinski definition) is 3. The van der Waals surface area contributed by atoms with E-state index in [2.05, 4.69) is 5.10 Å². The van der Waals surface area contributed by atoms with Crippen LogP contribution in [0, 0.1) is 6.92 Å². The van der Waals surface area contributed by atoms with Gasteiger partial charge in [-0.05, 0) is 42.2 Å². The van der Waals surface area contributed by atoms with E-state index in [0.29, 0.717) is 5.75 Å². The molecule has 0 atom stereocenters. The van der Waals surface area contributed by atoms with Crippen molar-refractivity contribution in [1.82, 2.24) is 9.78 Å². The molecule has 0 saturated carbocycles. The largest absolute Gasteiger partial charge is 0.493 e. The Morgan fingerprint density at radius 3 is 2.75 bits per heavy atom. The third-order valence-electron chi connectivity index (χ3n) is 3.32. The maximum Gasteiger partial charge on any atom is 0.307 e. The van der Waals surface area contributed by atoms with Crippen molar-refractivity contribution in [2.75, 3.05) is 7.11 Å². The van der Waals surface area contributed by atoms with Crippen LogP contribution in [0.3, 0.4) is 0 Å². The molecule has 0 fully saturated rings. The van der Waals surface area contributed by atoms with Gasteiger partial charge in [0.2, 0.25) is 0 Å². The quantitative estimate of drug-likeness (QED) is 0.909. The van der Waals surface area contributed by atoms with Gasteiger partial charge >= 0.3 is 5.97 Å². The van der Waals surface area contributed by atoms with E-state index >= 15 is 0 Å². The van der Waals surface area contributed by atoms with Crippen LogP contribution in [0.4, 0.5) is 0 Å². The van der Waals surface area contributed by atoms with Crippen LogP contribution in [-0.4, -0.2) is 28.0 Å². The summed E-state index contributed by atoms with van der Waals surface area (Å²) in [4.78, 5) is 11.0. The smallest absolute Gasteiger partial charge is 0.307 e. The van der Waals surface area contributed by atoms with Crippen molar-refractivity contribution in [3.05, 3.63) is 41.2 Å². The fourth-order valence-corrected chi connectivity index (χ4v) is 2.27. The predicted molar refractivity (Wildman–Crippen MR) is 75.6 cm³/mol. The van der Waals surface area contributed by atoms with E-state index in [9.17, 15) is 4.79 Å². The first kappa shape index (κ1) is 14.1. The molecule has 1 N–H and O–H groups in total. The first-order chi connectivity index (χ1) is 9.55. The predicted octanol–water partition coefficient (Wildman–Crippen LogP) is 2.38. The van der Waals surface area contributed by atoms with Gasteiger partial charge in [0.25, 0.3) is 0 Å². The summed E-state index contributed by atoms with van der Waals surface area (Å²) in [7, 11) is 1.60. The number of carboxylic acid groups (broad SMARTS) is 1. The normalized spacial score (nSPS) is 10.6. The van der Waals surface area contributed by atoms with Gasteiger partial charge < -0.3 is 9.84 Å². The maximum absolute atomic E-state index is 11.0. The van der Waals surface area contributed by atoms with Gasteiger partial charge in [-0.1, -0.05) is 6.92 Å². The second-order valence-electron chi connectivity index (χ2n) is 4.65.